The lowest BCUT2D eigenvalue weighted by molar-refractivity contribution is 0.0324. The Hall–Kier alpha value is -11.5. The van der Waals surface area contributed by atoms with Crippen LogP contribution in [0.3, 0.4) is 0 Å². The highest BCUT2D eigenvalue weighted by Crippen LogP contribution is 2.36. The number of ether oxygens (including phenoxy) is 3. The molecule has 0 unspecified atom stereocenters. The Labute approximate surface area is 394 Å². The Morgan fingerprint density at radius 1 is 0.219 bits per heavy atom. The first-order chi connectivity index (χ1) is 33.5. The largest absolute Gasteiger partial charge is 0.478 e. The maximum absolute atomic E-state index is 14.3. The lowest BCUT2D eigenvalue weighted by Gasteiger charge is -2.21. The van der Waals surface area contributed by atoms with Gasteiger partial charge < -0.3 is 80.6 Å². The summed E-state index contributed by atoms with van der Waals surface area (Å²) in [7, 11) is 0. The van der Waals surface area contributed by atoms with Crippen LogP contribution in [0.2, 0.25) is 0 Å². The number of aromatic carboxylic acids is 13. The van der Waals surface area contributed by atoms with E-state index < -0.39 is 214 Å². The van der Waals surface area contributed by atoms with Crippen LogP contribution < -0.4 is 0 Å². The van der Waals surface area contributed by atoms with Crippen LogP contribution in [0.5, 0.6) is 0 Å². The molecule has 380 valence electrons. The number of carboxylic acid groups (broad SMARTS) is 13. The van der Waals surface area contributed by atoms with Gasteiger partial charge in [-0.05, 0) is 13.8 Å². The monoisotopic (exact) mass is 1030 g/mol. The smallest absolute Gasteiger partial charge is 0.347 e. The second-order valence-electron chi connectivity index (χ2n) is 13.5. The average Bonchev–Trinajstić information content (AvgIpc) is 3.24. The van der Waals surface area contributed by atoms with Gasteiger partial charge in [0.1, 0.15) is 0 Å². The highest BCUT2D eigenvalue weighted by molar-refractivity contribution is 6.29. The summed E-state index contributed by atoms with van der Waals surface area (Å²) in [5.74, 6) is -51.6. The number of hydrogen-bond donors (Lipinski definition) is 13. The number of benzene rings is 3. The van der Waals surface area contributed by atoms with Crippen molar-refractivity contribution >= 4 is 107 Å². The molecule has 0 aliphatic rings. The second-order valence-corrected chi connectivity index (χ2v) is 13.5. The van der Waals surface area contributed by atoms with Gasteiger partial charge in [0.05, 0.1) is 106 Å². The summed E-state index contributed by atoms with van der Waals surface area (Å²) in [6.07, 6.45) is -1.61. The van der Waals surface area contributed by atoms with Crippen LogP contribution in [0, 0.1) is 0 Å². The normalized spacial score (nSPS) is 10.5. The average molecular weight is 1030 g/mol. The zero-order valence-corrected chi connectivity index (χ0v) is 35.0. The molecule has 3 aromatic carbocycles. The third kappa shape index (κ3) is 9.92. The predicted octanol–water partition coefficient (Wildman–Crippen LogP) is 0.323. The first-order valence-electron chi connectivity index (χ1n) is 18.0. The van der Waals surface area contributed by atoms with E-state index in [1.807, 2.05) is 0 Å². The van der Waals surface area contributed by atoms with Crippen LogP contribution in [-0.2, 0) is 14.2 Å². The molecular formula is C39H20O34. The van der Waals surface area contributed by atoms with Crippen molar-refractivity contribution in [1.29, 1.82) is 0 Å². The summed E-state index contributed by atoms with van der Waals surface area (Å²) in [6, 6.07) is 0. The van der Waals surface area contributed by atoms with E-state index in [4.69, 9.17) is 4.74 Å². The fourth-order valence-electron chi connectivity index (χ4n) is 6.70. The standard InChI is InChI=1S/C39H20O34/c1-3(2)71-35(66)19-15(33(62)63)10(28(52)53)16(34(64)65)20(38(69)72-36(67)17-11(29(54)55)6(24(44)45)4(22(40)41)7(25(46)47)12(17)30(56)57)21(19)39(70)73-37(68)18-13(31(58)59)8(26(48)49)5(23(42)43)9(27(50)51)14(18)32(60)61/h3H,1-2H3,(H,40,41)(H,42,43)(H,44,45)(H,46,47)(H,48,49)(H,50,51)(H,52,53)(H,54,55)(H,56,57)(H,58,59)(H,60,61)(H,62,63)(H,64,65). The predicted molar refractivity (Wildman–Crippen MR) is 210 cm³/mol. The maximum atomic E-state index is 14.3. The van der Waals surface area contributed by atoms with Crippen LogP contribution in [0.4, 0.5) is 0 Å². The lowest BCUT2D eigenvalue weighted by atomic mass is 9.85. The minimum absolute atomic E-state index is 0.894. The number of carbonyl (C=O) groups excluding carboxylic acids is 5. The van der Waals surface area contributed by atoms with Gasteiger partial charge in [0, 0.05) is 0 Å². The molecule has 13 N–H and O–H groups in total. The van der Waals surface area contributed by atoms with Gasteiger partial charge in [0.15, 0.2) is 0 Å². The Morgan fingerprint density at radius 2 is 0.329 bits per heavy atom. The van der Waals surface area contributed by atoms with Crippen molar-refractivity contribution in [1.82, 2.24) is 0 Å². The fraction of sp³-hybridized carbons (Fsp3) is 0.0769. The van der Waals surface area contributed by atoms with Crippen molar-refractivity contribution in [3.8, 4) is 0 Å². The Kier molecular flexibility index (Phi) is 15.6. The van der Waals surface area contributed by atoms with Crippen molar-refractivity contribution in [3.05, 3.63) is 100 Å². The number of carboxylic acids is 13. The number of carbonyl (C=O) groups is 18. The summed E-state index contributed by atoms with van der Waals surface area (Å²) in [6.45, 7) is 1.79. The van der Waals surface area contributed by atoms with E-state index in [2.05, 4.69) is 9.47 Å². The Balaban J connectivity index is 2.83. The Morgan fingerprint density at radius 3 is 0.466 bits per heavy atom. The third-order valence-corrected chi connectivity index (χ3v) is 9.01. The quantitative estimate of drug-likeness (QED) is 0.0437. The third-order valence-electron chi connectivity index (χ3n) is 9.01. The van der Waals surface area contributed by atoms with Crippen LogP contribution in [0.15, 0.2) is 0 Å². The zero-order valence-electron chi connectivity index (χ0n) is 35.0. The van der Waals surface area contributed by atoms with Crippen molar-refractivity contribution in [2.24, 2.45) is 0 Å². The molecule has 0 spiro atoms. The minimum atomic E-state index is -3.15. The highest BCUT2D eigenvalue weighted by atomic mass is 16.6. The van der Waals surface area contributed by atoms with Gasteiger partial charge in [-0.3, -0.25) is 0 Å². The second kappa shape index (κ2) is 20.4. The summed E-state index contributed by atoms with van der Waals surface area (Å²) >= 11 is 0. The zero-order chi connectivity index (χ0) is 56.5. The van der Waals surface area contributed by atoms with E-state index >= 15 is 0 Å². The van der Waals surface area contributed by atoms with E-state index in [0.717, 1.165) is 13.8 Å². The molecule has 0 bridgehead atoms. The van der Waals surface area contributed by atoms with Crippen molar-refractivity contribution in [2.75, 3.05) is 0 Å². The number of hydrogen-bond acceptors (Lipinski definition) is 21. The molecule has 3 rings (SSSR count). The molecular weight excluding hydrogens is 1010 g/mol. The molecule has 0 saturated carbocycles. The number of esters is 5. The van der Waals surface area contributed by atoms with Crippen LogP contribution in [-0.4, -0.2) is 180 Å². The molecule has 0 amide bonds. The van der Waals surface area contributed by atoms with Crippen LogP contribution >= 0.6 is 0 Å². The molecule has 73 heavy (non-hydrogen) atoms. The summed E-state index contributed by atoms with van der Waals surface area (Å²) in [5.41, 5.74) is -42.6. The molecule has 0 radical (unpaired) electrons. The molecule has 0 aliphatic carbocycles. The molecule has 34 heteroatoms. The molecule has 0 heterocycles. The summed E-state index contributed by atoms with van der Waals surface area (Å²) in [5, 5.41) is 129. The minimum Gasteiger partial charge on any atom is -0.478 e. The van der Waals surface area contributed by atoms with Gasteiger partial charge in [-0.2, -0.15) is 0 Å². The lowest BCUT2D eigenvalue weighted by Crippen LogP contribution is -2.33. The van der Waals surface area contributed by atoms with Crippen molar-refractivity contribution in [2.45, 2.75) is 20.0 Å². The number of rotatable bonds is 19. The topological polar surface area (TPSA) is 598 Å². The van der Waals surface area contributed by atoms with Crippen molar-refractivity contribution in [3.63, 3.8) is 0 Å². The molecule has 3 aromatic rings. The van der Waals surface area contributed by atoms with Gasteiger partial charge in [-0.25, -0.2) is 86.3 Å². The first kappa shape index (κ1) is 55.8. The maximum Gasteiger partial charge on any atom is 0.347 e. The summed E-state index contributed by atoms with van der Waals surface area (Å²) in [4.78, 5) is 232. The molecule has 0 aliphatic heterocycles. The molecule has 0 aromatic heterocycles. The van der Waals surface area contributed by atoms with E-state index in [1.165, 1.54) is 0 Å². The van der Waals surface area contributed by atoms with Gasteiger partial charge in [0.2, 0.25) is 0 Å². The fourth-order valence-corrected chi connectivity index (χ4v) is 6.70. The van der Waals surface area contributed by atoms with E-state index in [1.54, 1.807) is 0 Å². The van der Waals surface area contributed by atoms with E-state index in [0.29, 0.717) is 0 Å². The highest BCUT2D eigenvalue weighted by Gasteiger charge is 2.47. The van der Waals surface area contributed by atoms with E-state index in [9.17, 15) is 153 Å². The molecule has 0 fully saturated rings. The molecule has 34 nitrogen and oxygen atoms in total. The first-order valence-corrected chi connectivity index (χ1v) is 18.0. The molecule has 0 atom stereocenters. The van der Waals surface area contributed by atoms with Gasteiger partial charge >= 0.3 is 107 Å². The van der Waals surface area contributed by atoms with Gasteiger partial charge in [-0.15, -0.1) is 0 Å². The van der Waals surface area contributed by atoms with Crippen molar-refractivity contribution < 1.29 is 167 Å². The Bertz CT molecular complexity index is 3160. The molecule has 0 saturated heterocycles. The SMILES string of the molecule is CC(C)OC(=O)c1c(C(=O)O)c(C(=O)O)c(C(=O)O)c(C(=O)OC(=O)c2c(C(=O)O)c(C(=O)O)c(C(=O)O)c(C(=O)O)c2C(=O)O)c1C(=O)OC(=O)c1c(C(=O)O)c(C(=O)O)c(C(=O)O)c(C(=O)O)c1C(=O)O. The van der Waals surface area contributed by atoms with Gasteiger partial charge in [0.25, 0.3) is 0 Å². The van der Waals surface area contributed by atoms with E-state index in [-0.39, 0.29) is 0 Å². The van der Waals surface area contributed by atoms with Gasteiger partial charge in [-0.1, -0.05) is 0 Å². The van der Waals surface area contributed by atoms with Crippen LogP contribution in [0.1, 0.15) is 200 Å². The summed E-state index contributed by atoms with van der Waals surface area (Å²) < 4.78 is 13.4. The van der Waals surface area contributed by atoms with Crippen LogP contribution in [0.25, 0.3) is 0 Å².